The first kappa shape index (κ1) is 35.2. The highest BCUT2D eigenvalue weighted by Gasteiger charge is 2.33. The molecule has 0 saturated carbocycles. The van der Waals surface area contributed by atoms with Gasteiger partial charge in [-0.15, -0.1) is 0 Å². The van der Waals surface area contributed by atoms with Crippen molar-refractivity contribution in [3.8, 4) is 5.75 Å². The smallest absolute Gasteiger partial charge is 0.410 e. The predicted octanol–water partition coefficient (Wildman–Crippen LogP) is 6.80. The number of likely N-dealkylation sites (tertiary alicyclic amines) is 1. The number of halogens is 1. The minimum absolute atomic E-state index is 0.0246. The van der Waals surface area contributed by atoms with Crippen LogP contribution in [0, 0.1) is 5.92 Å². The maximum atomic E-state index is 13.5. The van der Waals surface area contributed by atoms with Crippen LogP contribution in [0.2, 0.25) is 5.02 Å². The summed E-state index contributed by atoms with van der Waals surface area (Å²) in [5.74, 6) is 0.285. The van der Waals surface area contributed by atoms with Crippen molar-refractivity contribution in [2.75, 3.05) is 44.3 Å². The number of carbonyl (C=O) groups excluding carboxylic acids is 2. The van der Waals surface area contributed by atoms with Crippen LogP contribution in [-0.4, -0.2) is 72.2 Å². The molecule has 1 fully saturated rings. The van der Waals surface area contributed by atoms with Crippen molar-refractivity contribution in [2.24, 2.45) is 5.92 Å². The van der Waals surface area contributed by atoms with Crippen molar-refractivity contribution in [1.29, 1.82) is 0 Å². The SMILES string of the molecule is CCCc1cc(Cl)ccc1C1COc2ccc3cc2N(CCC(CC)C(OC(=O)N2CCCC2)/C=C/COC(C)(C)C(=O)NS3=O)C1. The van der Waals surface area contributed by atoms with Crippen LogP contribution in [0.4, 0.5) is 10.5 Å². The minimum atomic E-state index is -1.81. The quantitative estimate of drug-likeness (QED) is 0.346. The standard InChI is InChI=1S/C36H48ClN3O6S/c1-5-10-26-21-28(37)12-14-30(26)27-23-40-19-16-25(6-2)32(46-35(42)39-17-7-8-18-39)11-9-20-45-36(3,4)34(41)38-47(43)29-13-15-33(44-24-27)31(40)22-29/h9,11-15,21-22,25,27,32H,5-8,10,16-20,23-24H2,1-4H3,(H,38,41)/b11-9+. The second-order valence-corrected chi connectivity index (χ2v) is 14.8. The summed E-state index contributed by atoms with van der Waals surface area (Å²) in [6, 6.07) is 11.5. The summed E-state index contributed by atoms with van der Waals surface area (Å²) >= 11 is 6.42. The van der Waals surface area contributed by atoms with Gasteiger partial charge >= 0.3 is 6.09 Å². The van der Waals surface area contributed by atoms with Crippen molar-refractivity contribution in [2.45, 2.75) is 88.7 Å². The molecule has 3 aliphatic rings. The Bertz CT molecular complexity index is 1480. The van der Waals surface area contributed by atoms with E-state index >= 15 is 0 Å². The third kappa shape index (κ3) is 8.69. The Morgan fingerprint density at radius 1 is 1.13 bits per heavy atom. The van der Waals surface area contributed by atoms with Gasteiger partial charge in [0.25, 0.3) is 5.91 Å². The molecule has 1 N–H and O–H groups in total. The Morgan fingerprint density at radius 2 is 1.91 bits per heavy atom. The summed E-state index contributed by atoms with van der Waals surface area (Å²) in [5, 5.41) is 0.719. The molecule has 0 radical (unpaired) electrons. The lowest BCUT2D eigenvalue weighted by atomic mass is 9.91. The molecule has 2 amide bonds. The van der Waals surface area contributed by atoms with Gasteiger partial charge in [-0.25, -0.2) is 9.00 Å². The fourth-order valence-corrected chi connectivity index (χ4v) is 7.67. The molecule has 1 saturated heterocycles. The molecule has 0 spiro atoms. The molecule has 256 valence electrons. The van der Waals surface area contributed by atoms with Crippen LogP contribution in [0.3, 0.4) is 0 Å². The van der Waals surface area contributed by atoms with E-state index in [-0.39, 0.29) is 24.5 Å². The Labute approximate surface area is 286 Å². The zero-order valence-corrected chi connectivity index (χ0v) is 29.5. The average molecular weight is 686 g/mol. The van der Waals surface area contributed by atoms with E-state index in [4.69, 9.17) is 25.8 Å². The summed E-state index contributed by atoms with van der Waals surface area (Å²) in [6.07, 6.45) is 8.35. The number of hydrogen-bond acceptors (Lipinski definition) is 7. The highest BCUT2D eigenvalue weighted by molar-refractivity contribution is 7.83. The highest BCUT2D eigenvalue weighted by Crippen LogP contribution is 2.38. The maximum absolute atomic E-state index is 13.5. The molecule has 2 aromatic carbocycles. The molecule has 3 heterocycles. The van der Waals surface area contributed by atoms with E-state index < -0.39 is 28.6 Å². The molecule has 11 heteroatoms. The van der Waals surface area contributed by atoms with E-state index in [1.165, 1.54) is 11.1 Å². The van der Waals surface area contributed by atoms with Crippen molar-refractivity contribution in [1.82, 2.24) is 9.62 Å². The van der Waals surface area contributed by atoms with E-state index in [0.29, 0.717) is 43.4 Å². The van der Waals surface area contributed by atoms with Gasteiger partial charge in [0, 0.05) is 43.0 Å². The van der Waals surface area contributed by atoms with E-state index in [9.17, 15) is 13.8 Å². The van der Waals surface area contributed by atoms with Crippen LogP contribution in [-0.2, 0) is 31.7 Å². The number of rotatable bonds is 5. The average Bonchev–Trinajstić information content (AvgIpc) is 3.53. The van der Waals surface area contributed by atoms with Crippen molar-refractivity contribution >= 4 is 40.3 Å². The number of nitrogens with one attached hydrogen (secondary N) is 1. The molecule has 47 heavy (non-hydrogen) atoms. The van der Waals surface area contributed by atoms with Gasteiger partial charge in [0.05, 0.1) is 23.8 Å². The first-order chi connectivity index (χ1) is 22.6. The van der Waals surface area contributed by atoms with E-state index in [1.54, 1.807) is 24.8 Å². The molecule has 3 aliphatic heterocycles. The maximum Gasteiger partial charge on any atom is 0.410 e. The van der Waals surface area contributed by atoms with Crippen LogP contribution in [0.1, 0.15) is 76.8 Å². The lowest BCUT2D eigenvalue weighted by Gasteiger charge is -2.32. The summed E-state index contributed by atoms with van der Waals surface area (Å²) < 4.78 is 34.6. The molecular formula is C36H48ClN3O6S. The Balaban J connectivity index is 1.51. The number of anilines is 1. The number of ether oxygens (including phenoxy) is 3. The second kappa shape index (κ2) is 15.9. The van der Waals surface area contributed by atoms with Gasteiger partial charge in [-0.05, 0) is 93.5 Å². The van der Waals surface area contributed by atoms with E-state index in [2.05, 4.69) is 35.6 Å². The molecule has 5 rings (SSSR count). The van der Waals surface area contributed by atoms with Crippen molar-refractivity contribution in [3.63, 3.8) is 0 Å². The molecule has 0 aliphatic carbocycles. The lowest BCUT2D eigenvalue weighted by Crippen LogP contribution is -2.45. The van der Waals surface area contributed by atoms with Gasteiger partial charge in [0.2, 0.25) is 0 Å². The number of fused-ring (bicyclic) bond motifs is 1. The number of nitrogens with zero attached hydrogens (tertiary/aromatic N) is 2. The van der Waals surface area contributed by atoms with Crippen molar-refractivity contribution < 1.29 is 28.0 Å². The van der Waals surface area contributed by atoms with E-state index in [0.717, 1.165) is 49.2 Å². The van der Waals surface area contributed by atoms with Gasteiger partial charge in [-0.1, -0.05) is 44.0 Å². The van der Waals surface area contributed by atoms with Crippen LogP contribution in [0.5, 0.6) is 5.75 Å². The summed E-state index contributed by atoms with van der Waals surface area (Å²) in [4.78, 5) is 30.9. The van der Waals surface area contributed by atoms with Gasteiger partial charge < -0.3 is 24.0 Å². The van der Waals surface area contributed by atoms with Crippen LogP contribution in [0.15, 0.2) is 53.4 Å². The largest absolute Gasteiger partial charge is 0.491 e. The minimum Gasteiger partial charge on any atom is -0.491 e. The highest BCUT2D eigenvalue weighted by atomic mass is 35.5. The fourth-order valence-electron chi connectivity index (χ4n) is 6.53. The molecule has 4 atom stereocenters. The fraction of sp³-hybridized carbons (Fsp3) is 0.556. The summed E-state index contributed by atoms with van der Waals surface area (Å²) in [7, 11) is -1.81. The zero-order chi connectivity index (χ0) is 33.6. The predicted molar refractivity (Wildman–Crippen MR) is 186 cm³/mol. The topological polar surface area (TPSA) is 97.4 Å². The van der Waals surface area contributed by atoms with Gasteiger partial charge in [0.1, 0.15) is 17.5 Å². The first-order valence-corrected chi connectivity index (χ1v) is 18.4. The summed E-state index contributed by atoms with van der Waals surface area (Å²) in [6.45, 7) is 10.9. The normalized spacial score (nSPS) is 25.8. The lowest BCUT2D eigenvalue weighted by molar-refractivity contribution is -0.139. The van der Waals surface area contributed by atoms with E-state index in [1.807, 2.05) is 30.4 Å². The third-order valence-electron chi connectivity index (χ3n) is 9.39. The Hall–Kier alpha value is -3.08. The number of hydrogen-bond donors (Lipinski definition) is 1. The second-order valence-electron chi connectivity index (χ2n) is 13.1. The number of amides is 2. The van der Waals surface area contributed by atoms with Gasteiger partial charge in [-0.2, -0.15) is 0 Å². The molecule has 0 aromatic heterocycles. The molecule has 2 bridgehead atoms. The number of aryl methyl sites for hydroxylation is 1. The zero-order valence-electron chi connectivity index (χ0n) is 28.0. The number of benzene rings is 2. The van der Waals surface area contributed by atoms with Crippen molar-refractivity contribution in [3.05, 3.63) is 64.7 Å². The first-order valence-electron chi connectivity index (χ1n) is 16.9. The third-order valence-corrected chi connectivity index (χ3v) is 10.7. The molecule has 4 unspecified atom stereocenters. The molecule has 2 aromatic rings. The van der Waals surface area contributed by atoms with Crippen LogP contribution >= 0.6 is 11.6 Å². The van der Waals surface area contributed by atoms with Gasteiger partial charge in [-0.3, -0.25) is 9.52 Å². The molecule has 9 nitrogen and oxygen atoms in total. The Kier molecular flexibility index (Phi) is 11.9. The Morgan fingerprint density at radius 3 is 2.66 bits per heavy atom. The number of carbonyl (C=O) groups is 2. The van der Waals surface area contributed by atoms with Crippen LogP contribution < -0.4 is 14.4 Å². The monoisotopic (exact) mass is 685 g/mol. The molecular weight excluding hydrogens is 638 g/mol. The van der Waals surface area contributed by atoms with Gasteiger partial charge in [0.15, 0.2) is 11.0 Å². The van der Waals surface area contributed by atoms with Crippen LogP contribution in [0.25, 0.3) is 0 Å². The summed E-state index contributed by atoms with van der Waals surface area (Å²) in [5.41, 5.74) is 2.00.